The lowest BCUT2D eigenvalue weighted by molar-refractivity contribution is -0.122. The third-order valence-electron chi connectivity index (χ3n) is 14.9. The molecular formula is C50H52N4O6S2. The number of nitrogens with zero attached hydrogens (tertiary/aromatic N) is 2. The fourth-order valence-electron chi connectivity index (χ4n) is 11.6. The lowest BCUT2D eigenvalue weighted by atomic mass is 9.64. The number of benzene rings is 2. The van der Waals surface area contributed by atoms with E-state index in [1.807, 2.05) is 43.5 Å². The minimum absolute atomic E-state index is 0.0276. The molecule has 3 aliphatic carbocycles. The van der Waals surface area contributed by atoms with Crippen LogP contribution < -0.4 is 20.5 Å². The van der Waals surface area contributed by atoms with Gasteiger partial charge in [0.1, 0.15) is 18.0 Å². The molecule has 0 saturated heterocycles. The van der Waals surface area contributed by atoms with Crippen molar-refractivity contribution in [3.05, 3.63) is 105 Å². The van der Waals surface area contributed by atoms with E-state index in [0.29, 0.717) is 43.2 Å². The smallest absolute Gasteiger partial charge is 0.187 e. The van der Waals surface area contributed by atoms with Gasteiger partial charge in [0, 0.05) is 71.7 Å². The van der Waals surface area contributed by atoms with Gasteiger partial charge in [-0.25, -0.2) is 0 Å². The summed E-state index contributed by atoms with van der Waals surface area (Å²) in [7, 11) is 3.54. The molecule has 10 unspecified atom stereocenters. The van der Waals surface area contributed by atoms with Gasteiger partial charge in [-0.2, -0.15) is 0 Å². The Morgan fingerprint density at radius 3 is 2.82 bits per heavy atom. The van der Waals surface area contributed by atoms with Crippen LogP contribution >= 0.6 is 21.6 Å². The van der Waals surface area contributed by atoms with Crippen molar-refractivity contribution in [1.29, 1.82) is 0 Å². The Kier molecular flexibility index (Phi) is 10.3. The molecule has 2 spiro atoms. The number of allylic oxidation sites excluding steroid dienone is 3. The summed E-state index contributed by atoms with van der Waals surface area (Å²) in [5, 5.41) is 37.8. The highest BCUT2D eigenvalue weighted by atomic mass is 33.1. The van der Waals surface area contributed by atoms with Crippen molar-refractivity contribution in [2.24, 2.45) is 33.9 Å². The Bertz CT molecular complexity index is 2520. The first-order chi connectivity index (χ1) is 30.1. The third kappa shape index (κ3) is 6.72. The number of rotatable bonds is 6. The average molecular weight is 869 g/mol. The number of aliphatic hydroxyl groups excluding tert-OH is 3. The first-order valence-corrected chi connectivity index (χ1v) is 24.7. The van der Waals surface area contributed by atoms with E-state index in [1.165, 1.54) is 5.56 Å². The zero-order valence-electron chi connectivity index (χ0n) is 34.8. The Morgan fingerprint density at radius 2 is 1.97 bits per heavy atom. The predicted octanol–water partition coefficient (Wildman–Crippen LogP) is 6.38. The fourth-order valence-corrected chi connectivity index (χ4v) is 14.2. The van der Waals surface area contributed by atoms with Crippen LogP contribution in [0, 0.1) is 47.0 Å². The van der Waals surface area contributed by atoms with Gasteiger partial charge >= 0.3 is 0 Å². The van der Waals surface area contributed by atoms with Crippen LogP contribution in [0.25, 0.3) is 0 Å². The minimum atomic E-state index is -1.08. The van der Waals surface area contributed by atoms with E-state index in [2.05, 4.69) is 58.5 Å². The van der Waals surface area contributed by atoms with Crippen LogP contribution in [0.2, 0.25) is 0 Å². The molecule has 10 nitrogen and oxygen atoms in total. The van der Waals surface area contributed by atoms with Crippen molar-refractivity contribution in [2.45, 2.75) is 106 Å². The first kappa shape index (κ1) is 40.5. The monoisotopic (exact) mass is 868 g/mol. The van der Waals surface area contributed by atoms with Crippen LogP contribution in [0.3, 0.4) is 0 Å². The molecule has 62 heavy (non-hydrogen) atoms. The van der Waals surface area contributed by atoms with Crippen LogP contribution in [-0.2, 0) is 22.4 Å². The number of aliphatic hydroxyl groups is 3. The number of ether oxygens (including phenoxy) is 2. The van der Waals surface area contributed by atoms with Crippen molar-refractivity contribution in [3.63, 3.8) is 0 Å². The fraction of sp³-hybridized carbons (Fsp3) is 0.480. The second-order valence-electron chi connectivity index (χ2n) is 18.7. The highest BCUT2D eigenvalue weighted by Gasteiger charge is 2.51. The number of carbonyl (C=O) groups excluding carboxylic acids is 1. The lowest BCUT2D eigenvalue weighted by Crippen LogP contribution is -2.50. The number of ketones is 1. The van der Waals surface area contributed by atoms with Crippen molar-refractivity contribution >= 4 is 33.1 Å². The van der Waals surface area contributed by atoms with Crippen molar-refractivity contribution in [3.8, 4) is 35.4 Å². The van der Waals surface area contributed by atoms with Gasteiger partial charge in [-0.3, -0.25) is 15.1 Å². The van der Waals surface area contributed by atoms with E-state index in [0.717, 1.165) is 76.1 Å². The third-order valence-corrected chi connectivity index (χ3v) is 17.3. The molecule has 10 bridgehead atoms. The van der Waals surface area contributed by atoms with Crippen molar-refractivity contribution in [2.75, 3.05) is 18.8 Å². The molecule has 10 atom stereocenters. The molecule has 1 fully saturated rings. The summed E-state index contributed by atoms with van der Waals surface area (Å²) in [6.07, 6.45) is 17.1. The van der Waals surface area contributed by atoms with E-state index >= 15 is 0 Å². The number of fused-ring (bicyclic) bond motifs is 1. The molecule has 8 aliphatic heterocycles. The molecule has 0 radical (unpaired) electrons. The standard InChI is InChI=1S/C50H52N4O6S2/c1-28-4-8-32(41(57)20-28)42(58)21-30(55)7-5-29-6-13-43-46-37(29)25-61-62-27-50-17-14-31-35-22-52-39-24-54(23-36(35)39)48(60-46)38(49(18-19-59-43)15-2-3-16-49)11-12-40(56)33-9-10-34(45(50)44(31)33)47(51)53-26-50/h4,6,8-10,13-14,17,22-23,28,31-32,38,40-42,47-48,53,56-58H,2-3,5,7,15-16,20-21,24-27,51H2,1H3. The van der Waals surface area contributed by atoms with Crippen molar-refractivity contribution < 1.29 is 29.6 Å². The molecule has 0 aromatic heterocycles. The number of nitrogens with two attached hydrogens (primary N) is 1. The highest BCUT2D eigenvalue weighted by Crippen LogP contribution is 2.55. The molecule has 11 aliphatic rings. The topological polar surface area (TPSA) is 150 Å². The molecule has 13 rings (SSSR count). The summed E-state index contributed by atoms with van der Waals surface area (Å²) >= 11 is 0. The van der Waals surface area contributed by atoms with Crippen LogP contribution in [-0.4, -0.2) is 69.0 Å². The SMILES string of the molecule is CC1C=CC(C(O)CC(=O)CCc2ccc3c4c2CSSCC25C=CC6C7=CN=C8CN(C=C78)C(O4)C(C#CC(O)c4ccc(c2c46)C(N)NC5)C2(C#CO3)CCCC2)C(O)C1. The predicted molar refractivity (Wildman–Crippen MR) is 242 cm³/mol. The Balaban J connectivity index is 1.05. The number of nitrogens with one attached hydrogen (secondary N) is 1. The maximum Gasteiger partial charge on any atom is 0.187 e. The van der Waals surface area contributed by atoms with Gasteiger partial charge in [0.25, 0.3) is 0 Å². The van der Waals surface area contributed by atoms with Crippen LogP contribution in [0.5, 0.6) is 11.5 Å². The molecule has 0 amide bonds. The zero-order valence-corrected chi connectivity index (χ0v) is 36.4. The summed E-state index contributed by atoms with van der Waals surface area (Å²) in [4.78, 5) is 20.9. The highest BCUT2D eigenvalue weighted by molar-refractivity contribution is 8.76. The Morgan fingerprint density at radius 1 is 1.11 bits per heavy atom. The van der Waals surface area contributed by atoms with E-state index in [9.17, 15) is 20.1 Å². The molecule has 2 aromatic carbocycles. The first-order valence-electron chi connectivity index (χ1n) is 22.2. The Labute approximate surface area is 371 Å². The summed E-state index contributed by atoms with van der Waals surface area (Å²) in [5.41, 5.74) is 15.0. The van der Waals surface area contributed by atoms with E-state index < -0.39 is 47.2 Å². The molecule has 6 N–H and O–H groups in total. The van der Waals surface area contributed by atoms with Gasteiger partial charge in [-0.05, 0) is 71.1 Å². The second kappa shape index (κ2) is 15.8. The van der Waals surface area contributed by atoms with E-state index in [4.69, 9.17) is 20.2 Å². The summed E-state index contributed by atoms with van der Waals surface area (Å²) in [6.45, 7) is 3.20. The lowest BCUT2D eigenvalue weighted by Gasteiger charge is -2.46. The molecule has 2 aromatic rings. The van der Waals surface area contributed by atoms with Crippen LogP contribution in [0.15, 0.2) is 77.1 Å². The average Bonchev–Trinajstić information content (AvgIpc) is 4.01. The molecule has 320 valence electrons. The summed E-state index contributed by atoms with van der Waals surface area (Å²) in [5.74, 6) is 12.2. The van der Waals surface area contributed by atoms with E-state index in [1.54, 1.807) is 21.6 Å². The number of carbonyl (C=O) groups is 1. The van der Waals surface area contributed by atoms with Crippen LogP contribution in [0.4, 0.5) is 0 Å². The van der Waals surface area contributed by atoms with Gasteiger partial charge in [-0.1, -0.05) is 102 Å². The van der Waals surface area contributed by atoms with Gasteiger partial charge in [0.05, 0.1) is 42.0 Å². The molecule has 1 saturated carbocycles. The van der Waals surface area contributed by atoms with Crippen molar-refractivity contribution in [1.82, 2.24) is 10.2 Å². The minimum Gasteiger partial charge on any atom is -0.465 e. The maximum atomic E-state index is 13.6. The van der Waals surface area contributed by atoms with Gasteiger partial charge < -0.3 is 35.4 Å². The maximum absolute atomic E-state index is 13.6. The van der Waals surface area contributed by atoms with Gasteiger partial charge in [-0.15, -0.1) is 0 Å². The van der Waals surface area contributed by atoms with Gasteiger partial charge in [0.2, 0.25) is 0 Å². The van der Waals surface area contributed by atoms with Crippen LogP contribution in [0.1, 0.15) is 103 Å². The number of hydrogen-bond acceptors (Lipinski definition) is 12. The Hall–Kier alpha value is -4.24. The largest absolute Gasteiger partial charge is 0.465 e. The normalized spacial score (nSPS) is 33.2. The molecular weight excluding hydrogens is 817 g/mol. The van der Waals surface area contributed by atoms with E-state index in [-0.39, 0.29) is 36.6 Å². The molecule has 12 heteroatoms. The quantitative estimate of drug-likeness (QED) is 0.125. The number of hydrogen-bond donors (Lipinski definition) is 5. The number of aryl methyl sites for hydroxylation is 1. The molecule has 8 heterocycles. The summed E-state index contributed by atoms with van der Waals surface area (Å²) in [6, 6.07) is 8.05. The number of aliphatic imine (C=N–C) groups is 1. The number of Topliss-reactive ketones (excluding diaryl/α,β-unsaturated/α-hetero) is 1. The summed E-state index contributed by atoms with van der Waals surface area (Å²) < 4.78 is 13.9. The zero-order chi connectivity index (χ0) is 42.3. The van der Waals surface area contributed by atoms with Gasteiger partial charge in [0.15, 0.2) is 17.7 Å². The second-order valence-corrected chi connectivity index (χ2v) is 21.2.